The van der Waals surface area contributed by atoms with E-state index in [-0.39, 0.29) is 11.8 Å². The highest BCUT2D eigenvalue weighted by molar-refractivity contribution is 6.31. The summed E-state index contributed by atoms with van der Waals surface area (Å²) in [6.45, 7) is 2.11. The molecule has 1 saturated carbocycles. The van der Waals surface area contributed by atoms with Gasteiger partial charge in [-0.25, -0.2) is 0 Å². The largest absolute Gasteiger partial charge is 0.495 e. The number of nitrogens with zero attached hydrogens (tertiary/aromatic N) is 1. The lowest BCUT2D eigenvalue weighted by Crippen LogP contribution is -2.47. The van der Waals surface area contributed by atoms with E-state index >= 15 is 0 Å². The molecule has 2 fully saturated rings. The molecule has 1 aliphatic carbocycles. The molecule has 3 rings (SSSR count). The van der Waals surface area contributed by atoms with Gasteiger partial charge in [0, 0.05) is 18.1 Å². The summed E-state index contributed by atoms with van der Waals surface area (Å²) in [4.78, 5) is 27.1. The van der Waals surface area contributed by atoms with Crippen LogP contribution in [0.25, 0.3) is 0 Å². The highest BCUT2D eigenvalue weighted by Gasteiger charge is 2.58. The molecule has 1 aromatic carbocycles. The number of carbonyl (C=O) groups excluding carboxylic acids is 2. The van der Waals surface area contributed by atoms with E-state index in [9.17, 15) is 9.59 Å². The highest BCUT2D eigenvalue weighted by atomic mass is 35.5. The van der Waals surface area contributed by atoms with E-state index in [1.807, 2.05) is 0 Å². The first-order valence-corrected chi connectivity index (χ1v) is 7.97. The van der Waals surface area contributed by atoms with Crippen LogP contribution in [0.4, 0.5) is 5.69 Å². The van der Waals surface area contributed by atoms with Gasteiger partial charge in [0.15, 0.2) is 0 Å². The Balaban J connectivity index is 1.75. The zero-order valence-corrected chi connectivity index (χ0v) is 13.7. The molecule has 7 heteroatoms. The van der Waals surface area contributed by atoms with Gasteiger partial charge in [-0.2, -0.15) is 0 Å². The number of rotatable bonds is 4. The molecule has 6 nitrogen and oxygen atoms in total. The Bertz CT molecular complexity index is 625. The summed E-state index contributed by atoms with van der Waals surface area (Å²) < 4.78 is 10.5. The zero-order chi connectivity index (χ0) is 16.4. The summed E-state index contributed by atoms with van der Waals surface area (Å²) in [5.41, 5.74) is -0.476. The zero-order valence-electron chi connectivity index (χ0n) is 12.9. The summed E-state index contributed by atoms with van der Waals surface area (Å²) in [6.07, 6.45) is 1.13. The second-order valence-corrected chi connectivity index (χ2v) is 6.22. The molecule has 0 atom stereocenters. The third-order valence-corrected chi connectivity index (χ3v) is 4.54. The normalized spacial score (nSPS) is 19.1. The number of methoxy groups -OCH3 is 1. The van der Waals surface area contributed by atoms with Crippen LogP contribution in [0.1, 0.15) is 12.8 Å². The van der Waals surface area contributed by atoms with Crippen molar-refractivity contribution >= 4 is 29.1 Å². The lowest BCUT2D eigenvalue weighted by Gasteiger charge is -2.30. The number of nitrogens with one attached hydrogen (secondary N) is 1. The average Bonchev–Trinajstić information content (AvgIpc) is 3.37. The number of morpholine rings is 1. The molecule has 1 aliphatic heterocycles. The maximum atomic E-state index is 12.7. The molecule has 0 unspecified atom stereocenters. The molecule has 0 aromatic heterocycles. The van der Waals surface area contributed by atoms with Crippen LogP contribution in [0.3, 0.4) is 0 Å². The topological polar surface area (TPSA) is 67.9 Å². The molecule has 0 radical (unpaired) electrons. The van der Waals surface area contributed by atoms with Crippen LogP contribution in [-0.4, -0.2) is 50.1 Å². The van der Waals surface area contributed by atoms with Crippen LogP contribution in [0.5, 0.6) is 5.75 Å². The predicted octanol–water partition coefficient (Wildman–Crippen LogP) is 1.93. The van der Waals surface area contributed by atoms with Crippen molar-refractivity contribution < 1.29 is 19.1 Å². The summed E-state index contributed by atoms with van der Waals surface area (Å²) in [5, 5.41) is 3.29. The minimum atomic E-state index is -0.954. The van der Waals surface area contributed by atoms with E-state index in [0.717, 1.165) is 0 Å². The molecule has 2 aliphatic rings. The highest BCUT2D eigenvalue weighted by Crippen LogP contribution is 2.48. The van der Waals surface area contributed by atoms with Crippen LogP contribution in [0.15, 0.2) is 18.2 Å². The van der Waals surface area contributed by atoms with Gasteiger partial charge >= 0.3 is 0 Å². The fourth-order valence-electron chi connectivity index (χ4n) is 2.75. The number of halogens is 1. The summed E-state index contributed by atoms with van der Waals surface area (Å²) in [7, 11) is 1.52. The molecule has 2 amide bonds. The Hall–Kier alpha value is -1.79. The van der Waals surface area contributed by atoms with Crippen molar-refractivity contribution in [2.45, 2.75) is 12.8 Å². The molecule has 1 heterocycles. The van der Waals surface area contributed by atoms with Crippen LogP contribution in [0, 0.1) is 5.41 Å². The van der Waals surface area contributed by atoms with Crippen molar-refractivity contribution in [2.24, 2.45) is 5.41 Å². The van der Waals surface area contributed by atoms with Gasteiger partial charge in [0.2, 0.25) is 11.8 Å². The lowest BCUT2D eigenvalue weighted by atomic mass is 10.0. The molecule has 0 spiro atoms. The predicted molar refractivity (Wildman–Crippen MR) is 85.7 cm³/mol. The second-order valence-electron chi connectivity index (χ2n) is 5.79. The molecule has 1 aromatic rings. The first kappa shape index (κ1) is 16.1. The van der Waals surface area contributed by atoms with E-state index in [4.69, 9.17) is 21.1 Å². The van der Waals surface area contributed by atoms with E-state index in [2.05, 4.69) is 5.32 Å². The Morgan fingerprint density at radius 2 is 2.00 bits per heavy atom. The van der Waals surface area contributed by atoms with Crippen molar-refractivity contribution in [2.75, 3.05) is 38.7 Å². The molecule has 23 heavy (non-hydrogen) atoms. The van der Waals surface area contributed by atoms with Gasteiger partial charge in [0.05, 0.1) is 26.0 Å². The molecular formula is C16H19ClN2O4. The van der Waals surface area contributed by atoms with Crippen molar-refractivity contribution in [3.63, 3.8) is 0 Å². The summed E-state index contributed by atoms with van der Waals surface area (Å²) in [5.74, 6) is 0.103. The van der Waals surface area contributed by atoms with Crippen molar-refractivity contribution in [3.05, 3.63) is 23.2 Å². The van der Waals surface area contributed by atoms with Gasteiger partial charge in [0.1, 0.15) is 11.2 Å². The maximum Gasteiger partial charge on any atom is 0.240 e. The number of hydrogen-bond acceptors (Lipinski definition) is 4. The average molecular weight is 339 g/mol. The Labute approximate surface area is 139 Å². The van der Waals surface area contributed by atoms with Gasteiger partial charge in [-0.15, -0.1) is 0 Å². The van der Waals surface area contributed by atoms with E-state index in [1.165, 1.54) is 7.11 Å². The van der Waals surface area contributed by atoms with Crippen LogP contribution in [0.2, 0.25) is 5.02 Å². The first-order valence-electron chi connectivity index (χ1n) is 7.59. The third-order valence-electron chi connectivity index (χ3n) is 4.30. The number of carbonyl (C=O) groups is 2. The molecule has 1 saturated heterocycles. The first-order chi connectivity index (χ1) is 11.1. The number of anilines is 1. The number of ether oxygens (including phenoxy) is 2. The van der Waals surface area contributed by atoms with E-state index < -0.39 is 5.41 Å². The standard InChI is InChI=1S/C16H19ClN2O4/c1-22-13-3-2-11(17)10-12(13)18-14(20)16(4-5-16)15(21)19-6-8-23-9-7-19/h2-3,10H,4-9H2,1H3,(H,18,20). The summed E-state index contributed by atoms with van der Waals surface area (Å²) in [6, 6.07) is 4.98. The van der Waals surface area contributed by atoms with Crippen molar-refractivity contribution in [1.82, 2.24) is 4.90 Å². The van der Waals surface area contributed by atoms with Crippen LogP contribution >= 0.6 is 11.6 Å². The quantitative estimate of drug-likeness (QED) is 0.852. The SMILES string of the molecule is COc1ccc(Cl)cc1NC(=O)C1(C(=O)N2CCOCC2)CC1. The Morgan fingerprint density at radius 1 is 1.30 bits per heavy atom. The molecule has 0 bridgehead atoms. The molecule has 1 N–H and O–H groups in total. The maximum absolute atomic E-state index is 12.7. The van der Waals surface area contributed by atoms with Crippen molar-refractivity contribution in [3.8, 4) is 5.75 Å². The fraction of sp³-hybridized carbons (Fsp3) is 0.500. The Morgan fingerprint density at radius 3 is 2.61 bits per heavy atom. The van der Waals surface area contributed by atoms with Gasteiger partial charge < -0.3 is 19.7 Å². The van der Waals surface area contributed by atoms with Gasteiger partial charge in [0.25, 0.3) is 0 Å². The number of hydrogen-bond donors (Lipinski definition) is 1. The Kier molecular flexibility index (Phi) is 4.46. The van der Waals surface area contributed by atoms with E-state index in [1.54, 1.807) is 23.1 Å². The third kappa shape index (κ3) is 3.14. The van der Waals surface area contributed by atoms with Crippen LogP contribution in [-0.2, 0) is 14.3 Å². The summed E-state index contributed by atoms with van der Waals surface area (Å²) >= 11 is 5.98. The van der Waals surface area contributed by atoms with Gasteiger partial charge in [-0.1, -0.05) is 11.6 Å². The minimum Gasteiger partial charge on any atom is -0.495 e. The molecular weight excluding hydrogens is 320 g/mol. The number of amides is 2. The monoisotopic (exact) mass is 338 g/mol. The fourth-order valence-corrected chi connectivity index (χ4v) is 2.92. The van der Waals surface area contributed by atoms with E-state index in [0.29, 0.717) is 55.6 Å². The van der Waals surface area contributed by atoms with Gasteiger partial charge in [-0.05, 0) is 31.0 Å². The number of benzene rings is 1. The minimum absolute atomic E-state index is 0.112. The smallest absolute Gasteiger partial charge is 0.240 e. The van der Waals surface area contributed by atoms with Crippen molar-refractivity contribution in [1.29, 1.82) is 0 Å². The van der Waals surface area contributed by atoms with Crippen LogP contribution < -0.4 is 10.1 Å². The lowest BCUT2D eigenvalue weighted by molar-refractivity contribution is -0.145. The second kappa shape index (κ2) is 6.37. The van der Waals surface area contributed by atoms with Gasteiger partial charge in [-0.3, -0.25) is 9.59 Å². The molecule has 124 valence electrons.